The summed E-state index contributed by atoms with van der Waals surface area (Å²) in [6.45, 7) is 5.22. The van der Waals surface area contributed by atoms with E-state index in [1.807, 2.05) is 104 Å². The number of carbonyl (C=O) groups excluding carboxylic acids is 3. The summed E-state index contributed by atoms with van der Waals surface area (Å²) in [6, 6.07) is 40.2. The first-order chi connectivity index (χ1) is 24.9. The van der Waals surface area contributed by atoms with Crippen LogP contribution < -0.4 is 25.4 Å². The van der Waals surface area contributed by atoms with E-state index in [-0.39, 0.29) is 11.6 Å². The molecule has 5 aromatic rings. The van der Waals surface area contributed by atoms with Crippen LogP contribution in [0.5, 0.6) is 11.5 Å². The first kappa shape index (κ1) is 36.5. The van der Waals surface area contributed by atoms with Crippen molar-refractivity contribution in [3.63, 3.8) is 0 Å². The SMILES string of the molecule is CCCCOc1ccc(NC(=O)C(Sc2ccc(NC(=O)/C(=C/c3ccc(OCC)cc3)NC(=O)c3ccccc3)cc2)c2ccccc2)cc1. The Kier molecular flexibility index (Phi) is 13.5. The molecule has 51 heavy (non-hydrogen) atoms. The van der Waals surface area contributed by atoms with Gasteiger partial charge >= 0.3 is 0 Å². The number of nitrogens with one attached hydrogen (secondary N) is 3. The highest BCUT2D eigenvalue weighted by atomic mass is 32.2. The smallest absolute Gasteiger partial charge is 0.272 e. The van der Waals surface area contributed by atoms with Gasteiger partial charge in [-0.05, 0) is 103 Å². The van der Waals surface area contributed by atoms with E-state index in [9.17, 15) is 14.4 Å². The monoisotopic (exact) mass is 699 g/mol. The van der Waals surface area contributed by atoms with Gasteiger partial charge in [-0.15, -0.1) is 11.8 Å². The van der Waals surface area contributed by atoms with Crippen LogP contribution in [0.1, 0.15) is 53.4 Å². The molecule has 8 nitrogen and oxygen atoms in total. The van der Waals surface area contributed by atoms with E-state index in [1.165, 1.54) is 11.8 Å². The van der Waals surface area contributed by atoms with Crippen LogP contribution in [0.2, 0.25) is 0 Å². The number of hydrogen-bond donors (Lipinski definition) is 3. The van der Waals surface area contributed by atoms with E-state index in [0.29, 0.717) is 41.5 Å². The number of ether oxygens (including phenoxy) is 2. The number of rotatable bonds is 16. The number of benzene rings is 5. The third kappa shape index (κ3) is 11.1. The van der Waals surface area contributed by atoms with Gasteiger partial charge in [0.15, 0.2) is 0 Å². The van der Waals surface area contributed by atoms with Crippen molar-refractivity contribution in [3.8, 4) is 11.5 Å². The molecular weight excluding hydrogens is 659 g/mol. The van der Waals surface area contributed by atoms with Gasteiger partial charge in [0.1, 0.15) is 22.4 Å². The van der Waals surface area contributed by atoms with Crippen molar-refractivity contribution in [1.29, 1.82) is 0 Å². The molecule has 0 aliphatic rings. The Morgan fingerprint density at radius 1 is 0.686 bits per heavy atom. The molecule has 3 amide bonds. The van der Waals surface area contributed by atoms with Gasteiger partial charge in [0, 0.05) is 21.8 Å². The summed E-state index contributed by atoms with van der Waals surface area (Å²) >= 11 is 1.40. The molecule has 0 spiro atoms. The van der Waals surface area contributed by atoms with Crippen molar-refractivity contribution in [2.45, 2.75) is 36.8 Å². The third-order valence-electron chi connectivity index (χ3n) is 7.63. The summed E-state index contributed by atoms with van der Waals surface area (Å²) < 4.78 is 11.3. The van der Waals surface area contributed by atoms with Crippen molar-refractivity contribution < 1.29 is 23.9 Å². The van der Waals surface area contributed by atoms with Gasteiger partial charge in [-0.3, -0.25) is 14.4 Å². The Morgan fingerprint density at radius 3 is 1.92 bits per heavy atom. The standard InChI is InChI=1S/C42H41N3O5S/c1-3-5-28-50-36-24-18-33(19-25-36)44-42(48)39(31-12-8-6-9-13-31)51-37-26-20-34(21-27-37)43-41(47)38(45-40(46)32-14-10-7-11-15-32)29-30-16-22-35(23-17-30)49-4-2/h6-27,29,39H,3-5,28H2,1-2H3,(H,43,47)(H,44,48)(H,45,46)/b38-29-. The zero-order valence-electron chi connectivity index (χ0n) is 28.6. The van der Waals surface area contributed by atoms with Crippen LogP contribution in [0.15, 0.2) is 144 Å². The number of thioether (sulfide) groups is 1. The lowest BCUT2D eigenvalue weighted by Crippen LogP contribution is -2.30. The van der Waals surface area contributed by atoms with Crippen molar-refractivity contribution >= 4 is 46.9 Å². The highest BCUT2D eigenvalue weighted by molar-refractivity contribution is 8.00. The largest absolute Gasteiger partial charge is 0.494 e. The third-order valence-corrected chi connectivity index (χ3v) is 8.89. The summed E-state index contributed by atoms with van der Waals surface area (Å²) in [5.74, 6) is 0.412. The molecule has 5 rings (SSSR count). The topological polar surface area (TPSA) is 106 Å². The molecule has 0 aromatic heterocycles. The molecule has 0 aliphatic carbocycles. The van der Waals surface area contributed by atoms with Gasteiger partial charge in [-0.2, -0.15) is 0 Å². The van der Waals surface area contributed by atoms with E-state index < -0.39 is 17.1 Å². The van der Waals surface area contributed by atoms with Gasteiger partial charge in [0.05, 0.1) is 13.2 Å². The van der Waals surface area contributed by atoms with E-state index in [4.69, 9.17) is 9.47 Å². The van der Waals surface area contributed by atoms with Crippen molar-refractivity contribution in [2.24, 2.45) is 0 Å². The lowest BCUT2D eigenvalue weighted by Gasteiger charge is -2.18. The molecule has 0 radical (unpaired) electrons. The average Bonchev–Trinajstić information content (AvgIpc) is 3.16. The number of hydrogen-bond acceptors (Lipinski definition) is 6. The Bertz CT molecular complexity index is 1900. The average molecular weight is 700 g/mol. The van der Waals surface area contributed by atoms with Gasteiger partial charge < -0.3 is 25.4 Å². The zero-order chi connectivity index (χ0) is 35.8. The molecule has 1 unspecified atom stereocenters. The second kappa shape index (κ2) is 18.8. The summed E-state index contributed by atoms with van der Waals surface area (Å²) in [5.41, 5.74) is 3.27. The van der Waals surface area contributed by atoms with Crippen LogP contribution in [0.4, 0.5) is 11.4 Å². The summed E-state index contributed by atoms with van der Waals surface area (Å²) in [5, 5.41) is 8.16. The Morgan fingerprint density at radius 2 is 1.27 bits per heavy atom. The Hall–Kier alpha value is -5.80. The first-order valence-electron chi connectivity index (χ1n) is 16.9. The minimum Gasteiger partial charge on any atom is -0.494 e. The lowest BCUT2D eigenvalue weighted by molar-refractivity contribution is -0.116. The Balaban J connectivity index is 1.29. The fraction of sp³-hybridized carbons (Fsp3) is 0.167. The molecule has 0 heterocycles. The molecule has 1 atom stereocenters. The number of carbonyl (C=O) groups is 3. The maximum Gasteiger partial charge on any atom is 0.272 e. The van der Waals surface area contributed by atoms with E-state index in [1.54, 1.807) is 42.5 Å². The van der Waals surface area contributed by atoms with Crippen LogP contribution in [0.3, 0.4) is 0 Å². The summed E-state index contributed by atoms with van der Waals surface area (Å²) in [4.78, 5) is 41.1. The van der Waals surface area contributed by atoms with E-state index in [0.717, 1.165) is 29.1 Å². The van der Waals surface area contributed by atoms with Crippen LogP contribution in [0, 0.1) is 0 Å². The van der Waals surface area contributed by atoms with Crippen LogP contribution in [-0.2, 0) is 9.59 Å². The maximum absolute atomic E-state index is 13.6. The molecule has 5 aromatic carbocycles. The molecule has 9 heteroatoms. The van der Waals surface area contributed by atoms with Crippen LogP contribution >= 0.6 is 11.8 Å². The second-order valence-corrected chi connectivity index (χ2v) is 12.7. The molecule has 3 N–H and O–H groups in total. The van der Waals surface area contributed by atoms with Crippen LogP contribution in [0.25, 0.3) is 6.08 Å². The minimum atomic E-state index is -0.538. The minimum absolute atomic E-state index is 0.0767. The number of amides is 3. The predicted octanol–water partition coefficient (Wildman–Crippen LogP) is 9.15. The van der Waals surface area contributed by atoms with Gasteiger partial charge in [-0.1, -0.05) is 74.0 Å². The van der Waals surface area contributed by atoms with Gasteiger partial charge in [0.2, 0.25) is 5.91 Å². The second-order valence-electron chi connectivity index (χ2n) is 11.5. The summed E-state index contributed by atoms with van der Waals surface area (Å²) in [7, 11) is 0. The molecule has 260 valence electrons. The van der Waals surface area contributed by atoms with E-state index in [2.05, 4.69) is 22.9 Å². The maximum atomic E-state index is 13.6. The lowest BCUT2D eigenvalue weighted by atomic mass is 10.1. The highest BCUT2D eigenvalue weighted by Crippen LogP contribution is 2.37. The molecule has 0 saturated heterocycles. The van der Waals surface area contributed by atoms with Crippen molar-refractivity contribution in [1.82, 2.24) is 5.32 Å². The molecular formula is C42H41N3O5S. The van der Waals surface area contributed by atoms with E-state index >= 15 is 0 Å². The zero-order valence-corrected chi connectivity index (χ0v) is 29.5. The normalized spacial score (nSPS) is 11.6. The summed E-state index contributed by atoms with van der Waals surface area (Å²) in [6.07, 6.45) is 3.66. The number of anilines is 2. The predicted molar refractivity (Wildman–Crippen MR) is 205 cm³/mol. The van der Waals surface area contributed by atoms with Gasteiger partial charge in [0.25, 0.3) is 11.8 Å². The number of unbranched alkanes of at least 4 members (excludes halogenated alkanes) is 1. The van der Waals surface area contributed by atoms with Crippen molar-refractivity contribution in [2.75, 3.05) is 23.8 Å². The quantitative estimate of drug-likeness (QED) is 0.0539. The molecule has 0 aliphatic heterocycles. The molecule has 0 bridgehead atoms. The fourth-order valence-electron chi connectivity index (χ4n) is 4.96. The van der Waals surface area contributed by atoms with Gasteiger partial charge in [-0.25, -0.2) is 0 Å². The molecule has 0 fully saturated rings. The van der Waals surface area contributed by atoms with Crippen LogP contribution in [-0.4, -0.2) is 30.9 Å². The van der Waals surface area contributed by atoms with Crippen molar-refractivity contribution in [3.05, 3.63) is 156 Å². The highest BCUT2D eigenvalue weighted by Gasteiger charge is 2.23. The first-order valence-corrected chi connectivity index (χ1v) is 17.8. The fourth-order valence-corrected chi connectivity index (χ4v) is 5.99. The Labute approximate surface area is 303 Å². The molecule has 0 saturated carbocycles.